The number of aryl methyl sites for hydroxylation is 1. The molecule has 2 fully saturated rings. The molecular formula is C22H23N3O3. The van der Waals surface area contributed by atoms with Gasteiger partial charge in [-0.3, -0.25) is 14.4 Å². The Morgan fingerprint density at radius 3 is 2.61 bits per heavy atom. The summed E-state index contributed by atoms with van der Waals surface area (Å²) in [6.07, 6.45) is 1.64. The second kappa shape index (κ2) is 7.46. The van der Waals surface area contributed by atoms with Gasteiger partial charge in [0.15, 0.2) is 0 Å². The van der Waals surface area contributed by atoms with E-state index in [1.54, 1.807) is 21.9 Å². The second-order valence-corrected chi connectivity index (χ2v) is 7.41. The maximum absolute atomic E-state index is 12.6. The number of anilines is 1. The molecule has 0 spiro atoms. The van der Waals surface area contributed by atoms with Gasteiger partial charge in [-0.2, -0.15) is 0 Å². The van der Waals surface area contributed by atoms with Crippen LogP contribution in [-0.4, -0.2) is 46.7 Å². The Hall–Kier alpha value is -3.15. The monoisotopic (exact) mass is 377 g/mol. The number of carbonyl (C=O) groups is 3. The summed E-state index contributed by atoms with van der Waals surface area (Å²) in [4.78, 5) is 40.7. The Bertz CT molecular complexity index is 923. The number of fused-ring (bicyclic) bond motifs is 1. The third-order valence-electron chi connectivity index (χ3n) is 5.48. The maximum atomic E-state index is 12.6. The van der Waals surface area contributed by atoms with Crippen molar-refractivity contribution >= 4 is 23.4 Å². The summed E-state index contributed by atoms with van der Waals surface area (Å²) < 4.78 is 0. The standard InChI is InChI=1S/C22H23N3O3/c1-15-5-2-3-6-18(15)23-21(27)17-10-8-16(9-11-17)13-24-14-20(26)25-12-4-7-19(25)22(24)28/h2-3,5-6,8-11,19H,4,7,12-14H2,1H3,(H,23,27)/t19-/m0/s1. The average molecular weight is 377 g/mol. The summed E-state index contributed by atoms with van der Waals surface area (Å²) in [5, 5.41) is 2.91. The van der Waals surface area contributed by atoms with Gasteiger partial charge in [0, 0.05) is 24.3 Å². The number of nitrogens with zero attached hydrogens (tertiary/aromatic N) is 2. The highest BCUT2D eigenvalue weighted by atomic mass is 16.2. The van der Waals surface area contributed by atoms with E-state index in [0.717, 1.165) is 29.7 Å². The van der Waals surface area contributed by atoms with Crippen LogP contribution in [0.1, 0.15) is 34.3 Å². The van der Waals surface area contributed by atoms with Crippen LogP contribution in [-0.2, 0) is 16.1 Å². The van der Waals surface area contributed by atoms with Gasteiger partial charge < -0.3 is 15.1 Å². The van der Waals surface area contributed by atoms with Gasteiger partial charge in [0.25, 0.3) is 5.91 Å². The van der Waals surface area contributed by atoms with Crippen LogP contribution >= 0.6 is 0 Å². The second-order valence-electron chi connectivity index (χ2n) is 7.41. The van der Waals surface area contributed by atoms with Gasteiger partial charge in [0.05, 0.1) is 0 Å². The first-order chi connectivity index (χ1) is 13.5. The molecule has 3 amide bonds. The fraction of sp³-hybridized carbons (Fsp3) is 0.318. The molecule has 0 bridgehead atoms. The Morgan fingerprint density at radius 2 is 1.86 bits per heavy atom. The molecule has 0 aromatic heterocycles. The Morgan fingerprint density at radius 1 is 1.11 bits per heavy atom. The van der Waals surface area contributed by atoms with Crippen LogP contribution in [0.4, 0.5) is 5.69 Å². The third kappa shape index (κ3) is 3.50. The molecule has 0 radical (unpaired) electrons. The number of nitrogens with one attached hydrogen (secondary N) is 1. The van der Waals surface area contributed by atoms with Crippen molar-refractivity contribution < 1.29 is 14.4 Å². The molecule has 2 aliphatic heterocycles. The van der Waals surface area contributed by atoms with E-state index >= 15 is 0 Å². The molecule has 4 rings (SSSR count). The Balaban J connectivity index is 1.42. The lowest BCUT2D eigenvalue weighted by atomic mass is 10.1. The van der Waals surface area contributed by atoms with E-state index in [1.807, 2.05) is 43.3 Å². The molecule has 2 aromatic carbocycles. The van der Waals surface area contributed by atoms with E-state index in [1.165, 1.54) is 0 Å². The number of rotatable bonds is 4. The molecule has 28 heavy (non-hydrogen) atoms. The van der Waals surface area contributed by atoms with Crippen molar-refractivity contribution in [1.29, 1.82) is 0 Å². The van der Waals surface area contributed by atoms with E-state index in [-0.39, 0.29) is 30.3 Å². The molecule has 0 unspecified atom stereocenters. The predicted octanol–water partition coefficient (Wildman–Crippen LogP) is 2.58. The van der Waals surface area contributed by atoms with Crippen molar-refractivity contribution in [1.82, 2.24) is 9.80 Å². The number of hydrogen-bond donors (Lipinski definition) is 1. The van der Waals surface area contributed by atoms with E-state index in [2.05, 4.69) is 5.32 Å². The molecule has 1 N–H and O–H groups in total. The minimum absolute atomic E-state index is 0.0244. The minimum Gasteiger partial charge on any atom is -0.329 e. The van der Waals surface area contributed by atoms with Crippen LogP contribution < -0.4 is 5.32 Å². The number of para-hydroxylation sites is 1. The van der Waals surface area contributed by atoms with Gasteiger partial charge in [0.1, 0.15) is 12.6 Å². The Kier molecular flexibility index (Phi) is 4.86. The van der Waals surface area contributed by atoms with Crippen LogP contribution in [0.2, 0.25) is 0 Å². The molecule has 2 heterocycles. The number of piperazine rings is 1. The Labute approximate surface area is 164 Å². The molecule has 6 nitrogen and oxygen atoms in total. The van der Waals surface area contributed by atoms with Crippen molar-refractivity contribution in [3.8, 4) is 0 Å². The van der Waals surface area contributed by atoms with Crippen LogP contribution in [0.25, 0.3) is 0 Å². The summed E-state index contributed by atoms with van der Waals surface area (Å²) in [6, 6.07) is 14.5. The molecule has 2 aliphatic rings. The molecular weight excluding hydrogens is 354 g/mol. The first kappa shape index (κ1) is 18.2. The molecule has 6 heteroatoms. The topological polar surface area (TPSA) is 69.7 Å². The minimum atomic E-state index is -0.291. The molecule has 2 aromatic rings. The molecule has 144 valence electrons. The van der Waals surface area contributed by atoms with Crippen molar-refractivity contribution in [2.75, 3.05) is 18.4 Å². The summed E-state index contributed by atoms with van der Waals surface area (Å²) in [5.74, 6) is -0.124. The summed E-state index contributed by atoms with van der Waals surface area (Å²) in [5.41, 5.74) is 3.24. The number of amides is 3. The lowest BCUT2D eigenvalue weighted by Crippen LogP contribution is -2.56. The van der Waals surface area contributed by atoms with Crippen LogP contribution in [0.5, 0.6) is 0 Å². The van der Waals surface area contributed by atoms with Gasteiger partial charge in [-0.1, -0.05) is 30.3 Å². The lowest BCUT2D eigenvalue weighted by molar-refractivity contribution is -0.154. The first-order valence-corrected chi connectivity index (χ1v) is 9.57. The maximum Gasteiger partial charge on any atom is 0.255 e. The molecule has 2 saturated heterocycles. The highest BCUT2D eigenvalue weighted by molar-refractivity contribution is 6.04. The van der Waals surface area contributed by atoms with Gasteiger partial charge in [-0.15, -0.1) is 0 Å². The number of carbonyl (C=O) groups excluding carboxylic acids is 3. The van der Waals surface area contributed by atoms with Crippen molar-refractivity contribution in [2.45, 2.75) is 32.4 Å². The van der Waals surface area contributed by atoms with Crippen LogP contribution in [0.15, 0.2) is 48.5 Å². The smallest absolute Gasteiger partial charge is 0.255 e. The van der Waals surface area contributed by atoms with Gasteiger partial charge >= 0.3 is 0 Å². The zero-order chi connectivity index (χ0) is 19.7. The zero-order valence-corrected chi connectivity index (χ0v) is 15.9. The molecule has 0 aliphatic carbocycles. The van der Waals surface area contributed by atoms with E-state index in [4.69, 9.17) is 0 Å². The highest BCUT2D eigenvalue weighted by Crippen LogP contribution is 2.25. The summed E-state index contributed by atoms with van der Waals surface area (Å²) >= 11 is 0. The fourth-order valence-electron chi connectivity index (χ4n) is 3.89. The third-order valence-corrected chi connectivity index (χ3v) is 5.48. The van der Waals surface area contributed by atoms with Crippen LogP contribution in [0.3, 0.4) is 0 Å². The van der Waals surface area contributed by atoms with E-state index < -0.39 is 0 Å². The van der Waals surface area contributed by atoms with Crippen molar-refractivity contribution in [3.05, 3.63) is 65.2 Å². The van der Waals surface area contributed by atoms with Gasteiger partial charge in [-0.25, -0.2) is 0 Å². The van der Waals surface area contributed by atoms with Crippen LogP contribution in [0, 0.1) is 6.92 Å². The van der Waals surface area contributed by atoms with E-state index in [9.17, 15) is 14.4 Å². The normalized spacial score (nSPS) is 19.0. The SMILES string of the molecule is Cc1ccccc1NC(=O)c1ccc(CN2CC(=O)N3CCC[C@H]3C2=O)cc1. The van der Waals surface area contributed by atoms with Gasteiger partial charge in [-0.05, 0) is 49.1 Å². The number of hydrogen-bond acceptors (Lipinski definition) is 3. The first-order valence-electron chi connectivity index (χ1n) is 9.57. The highest BCUT2D eigenvalue weighted by Gasteiger charge is 2.41. The summed E-state index contributed by atoms with van der Waals surface area (Å²) in [6.45, 7) is 3.15. The summed E-state index contributed by atoms with van der Waals surface area (Å²) in [7, 11) is 0. The van der Waals surface area contributed by atoms with E-state index in [0.29, 0.717) is 18.7 Å². The zero-order valence-electron chi connectivity index (χ0n) is 15.9. The predicted molar refractivity (Wildman–Crippen MR) is 106 cm³/mol. The fourth-order valence-corrected chi connectivity index (χ4v) is 3.89. The molecule has 1 atom stereocenters. The lowest BCUT2D eigenvalue weighted by Gasteiger charge is -2.36. The number of benzene rings is 2. The quantitative estimate of drug-likeness (QED) is 0.890. The van der Waals surface area contributed by atoms with Gasteiger partial charge in [0.2, 0.25) is 11.8 Å². The average Bonchev–Trinajstić information content (AvgIpc) is 3.19. The largest absolute Gasteiger partial charge is 0.329 e. The van der Waals surface area contributed by atoms with Crippen molar-refractivity contribution in [2.24, 2.45) is 0 Å². The molecule has 0 saturated carbocycles. The van der Waals surface area contributed by atoms with Crippen molar-refractivity contribution in [3.63, 3.8) is 0 Å².